The Kier molecular flexibility index (Phi) is 23.4. The van der Waals surface area contributed by atoms with E-state index in [2.05, 4.69) is 6.58 Å². The third-order valence-electron chi connectivity index (χ3n) is 7.58. The van der Waals surface area contributed by atoms with Crippen molar-refractivity contribution in [3.8, 4) is 17.2 Å². The lowest BCUT2D eigenvalue weighted by Gasteiger charge is -2.34. The summed E-state index contributed by atoms with van der Waals surface area (Å²) in [6.07, 6.45) is 3.93. The number of fused-ring (bicyclic) bond motifs is 3. The molecule has 2 aliphatic rings. The summed E-state index contributed by atoms with van der Waals surface area (Å²) >= 11 is 0. The molecule has 12 heteroatoms. The Balaban J connectivity index is 0. The van der Waals surface area contributed by atoms with Gasteiger partial charge in [-0.1, -0.05) is 78.5 Å². The molecule has 0 amide bonds. The molecule has 2 aromatic carbocycles. The standard InChI is InChI=1S/C21H18O8.C6H15NO3.C5H8.3C2H6/c1-29-12-4-2-3-10-14(12)20(27)16-15(18(10)25)19(26)11-7-21(28,13(23)8-22)6-5-9(11)17(16)24;1-4(10-2)6(9)5(7)3-8;1-3-5-4-2;3*1-2/h2-4,22,24,26,28H,5-8H2,1H3;4-6,8-9H,3,7H2,1-2H3;3-5H,1H2,2H3;3*1-2H3/b;;5-4+;;;/t21-;;;;;/m1...../s1. The minimum Gasteiger partial charge on any atom is -0.507 e. The van der Waals surface area contributed by atoms with E-state index in [1.165, 1.54) is 32.4 Å². The highest BCUT2D eigenvalue weighted by Crippen LogP contribution is 2.48. The Morgan fingerprint density at radius 2 is 1.52 bits per heavy atom. The van der Waals surface area contributed by atoms with Gasteiger partial charge in [-0.15, -0.1) is 0 Å². The first-order valence-electron chi connectivity index (χ1n) is 16.8. The zero-order valence-electron chi connectivity index (χ0n) is 31.2. The number of carbonyl (C=O) groups excluding carboxylic acids is 3. The van der Waals surface area contributed by atoms with Crippen LogP contribution >= 0.6 is 0 Å². The molecule has 12 nitrogen and oxygen atoms in total. The number of Topliss-reactive ketones (excluding diaryl/α,β-unsaturated/α-hetero) is 1. The number of ketones is 3. The van der Waals surface area contributed by atoms with Crippen molar-refractivity contribution in [1.82, 2.24) is 0 Å². The van der Waals surface area contributed by atoms with Crippen molar-refractivity contribution in [1.29, 1.82) is 0 Å². The van der Waals surface area contributed by atoms with E-state index < -0.39 is 53.2 Å². The number of aliphatic hydroxyl groups excluding tert-OH is 3. The summed E-state index contributed by atoms with van der Waals surface area (Å²) in [4.78, 5) is 38.2. The average molecular weight is 706 g/mol. The van der Waals surface area contributed by atoms with E-state index in [1.54, 1.807) is 13.0 Å². The van der Waals surface area contributed by atoms with Crippen LogP contribution in [-0.4, -0.2) is 99.3 Å². The fourth-order valence-electron chi connectivity index (χ4n) is 4.94. The monoisotopic (exact) mass is 705 g/mol. The van der Waals surface area contributed by atoms with E-state index in [0.29, 0.717) is 0 Å². The number of carbonyl (C=O) groups is 3. The van der Waals surface area contributed by atoms with Gasteiger partial charge in [0, 0.05) is 30.2 Å². The van der Waals surface area contributed by atoms with Crippen LogP contribution in [0.5, 0.6) is 17.2 Å². The number of ether oxygens (including phenoxy) is 2. The third-order valence-corrected chi connectivity index (χ3v) is 7.58. The Hall–Kier alpha value is -3.91. The highest BCUT2D eigenvalue weighted by molar-refractivity contribution is 6.31. The van der Waals surface area contributed by atoms with Gasteiger partial charge < -0.3 is 45.8 Å². The second kappa shape index (κ2) is 24.3. The minimum absolute atomic E-state index is 0.00456. The smallest absolute Gasteiger partial charge is 0.202 e. The van der Waals surface area contributed by atoms with Crippen LogP contribution in [0.4, 0.5) is 0 Å². The molecular weight excluding hydrogens is 646 g/mol. The molecule has 8 N–H and O–H groups in total. The van der Waals surface area contributed by atoms with Gasteiger partial charge >= 0.3 is 0 Å². The van der Waals surface area contributed by atoms with E-state index in [1.807, 2.05) is 60.6 Å². The van der Waals surface area contributed by atoms with E-state index in [-0.39, 0.29) is 71.1 Å². The molecule has 0 spiro atoms. The number of benzene rings is 2. The molecule has 4 atom stereocenters. The highest BCUT2D eigenvalue weighted by Gasteiger charge is 2.45. The van der Waals surface area contributed by atoms with Crippen LogP contribution in [0, 0.1) is 0 Å². The van der Waals surface area contributed by atoms with Crippen molar-refractivity contribution in [3.63, 3.8) is 0 Å². The number of aromatic hydroxyl groups is 2. The molecule has 0 heterocycles. The number of rotatable bonds is 8. The number of allylic oxidation sites excluding steroid dienone is 3. The maximum Gasteiger partial charge on any atom is 0.202 e. The van der Waals surface area contributed by atoms with Crippen LogP contribution < -0.4 is 10.5 Å². The first-order valence-corrected chi connectivity index (χ1v) is 16.8. The van der Waals surface area contributed by atoms with Gasteiger partial charge in [-0.05, 0) is 32.8 Å². The van der Waals surface area contributed by atoms with Gasteiger partial charge in [0.2, 0.25) is 5.78 Å². The molecule has 0 aliphatic heterocycles. The predicted octanol–water partition coefficient (Wildman–Crippen LogP) is 4.19. The van der Waals surface area contributed by atoms with E-state index in [4.69, 9.17) is 25.4 Å². The van der Waals surface area contributed by atoms with Gasteiger partial charge in [0.25, 0.3) is 0 Å². The summed E-state index contributed by atoms with van der Waals surface area (Å²) in [5, 5.41) is 59.0. The maximum absolute atomic E-state index is 13.1. The first-order chi connectivity index (χ1) is 23.8. The average Bonchev–Trinajstić information content (AvgIpc) is 3.16. The molecule has 0 saturated carbocycles. The quantitative estimate of drug-likeness (QED) is 0.130. The number of phenols is 2. The van der Waals surface area contributed by atoms with Crippen molar-refractivity contribution in [3.05, 3.63) is 76.4 Å². The molecule has 0 fully saturated rings. The fourth-order valence-corrected chi connectivity index (χ4v) is 4.94. The summed E-state index contributed by atoms with van der Waals surface area (Å²) in [5.74, 6) is -2.99. The van der Waals surface area contributed by atoms with Gasteiger partial charge in [0.05, 0.1) is 48.7 Å². The lowest BCUT2D eigenvalue weighted by molar-refractivity contribution is -0.141. The van der Waals surface area contributed by atoms with Crippen molar-refractivity contribution >= 4 is 17.3 Å². The molecule has 3 unspecified atom stereocenters. The maximum atomic E-state index is 13.1. The SMILES string of the molecule is C=C/C=C/C.CC.CC.CC.COC(C)C(O)C(N)CO.COc1cccc2c1C(=O)c1c(O)c3c(c(O)c1C2=O)C[C@@](O)(C(=O)CO)CC3. The van der Waals surface area contributed by atoms with Crippen molar-refractivity contribution < 1.29 is 54.5 Å². The van der Waals surface area contributed by atoms with Crippen LogP contribution in [0.25, 0.3) is 0 Å². The van der Waals surface area contributed by atoms with Gasteiger partial charge in [0.1, 0.15) is 29.5 Å². The van der Waals surface area contributed by atoms with Crippen LogP contribution in [0.15, 0.2) is 43.0 Å². The molecule has 0 saturated heterocycles. The number of aliphatic hydroxyl groups is 4. The minimum atomic E-state index is -1.93. The topological polar surface area (TPSA) is 217 Å². The molecule has 0 radical (unpaired) electrons. The van der Waals surface area contributed by atoms with E-state index in [0.717, 1.165) is 0 Å². The molecule has 0 bridgehead atoms. The lowest BCUT2D eigenvalue weighted by atomic mass is 9.73. The van der Waals surface area contributed by atoms with Crippen molar-refractivity contribution in [2.45, 2.75) is 98.5 Å². The first kappa shape index (κ1) is 48.2. The number of nitrogens with two attached hydrogens (primary N) is 1. The fraction of sp³-hybridized carbons (Fsp3) is 0.500. The number of phenolic OH excluding ortho intramolecular Hbond substituents is 2. The van der Waals surface area contributed by atoms with Crippen molar-refractivity contribution in [2.75, 3.05) is 27.4 Å². The molecule has 282 valence electrons. The van der Waals surface area contributed by atoms with E-state index in [9.17, 15) is 34.8 Å². The normalized spacial score (nSPS) is 16.9. The van der Waals surface area contributed by atoms with Gasteiger partial charge in [-0.3, -0.25) is 14.4 Å². The van der Waals surface area contributed by atoms with Gasteiger partial charge in [-0.2, -0.15) is 0 Å². The van der Waals surface area contributed by atoms with Crippen LogP contribution in [-0.2, 0) is 22.4 Å². The van der Waals surface area contributed by atoms with Crippen LogP contribution in [0.1, 0.15) is 105 Å². The molecule has 0 aromatic heterocycles. The molecule has 2 aliphatic carbocycles. The number of hydrogen-bond donors (Lipinski definition) is 7. The number of methoxy groups -OCH3 is 2. The molecule has 4 rings (SSSR count). The van der Waals surface area contributed by atoms with Crippen molar-refractivity contribution in [2.24, 2.45) is 5.73 Å². The Morgan fingerprint density at radius 1 is 0.980 bits per heavy atom. The van der Waals surface area contributed by atoms with Crippen LogP contribution in [0.3, 0.4) is 0 Å². The number of hydrogen-bond acceptors (Lipinski definition) is 12. The second-order valence-corrected chi connectivity index (χ2v) is 10.3. The van der Waals surface area contributed by atoms with Crippen LogP contribution in [0.2, 0.25) is 0 Å². The zero-order valence-corrected chi connectivity index (χ0v) is 31.2. The van der Waals surface area contributed by atoms with Gasteiger partial charge in [-0.25, -0.2) is 0 Å². The van der Waals surface area contributed by atoms with Gasteiger partial charge in [0.15, 0.2) is 11.6 Å². The highest BCUT2D eigenvalue weighted by atomic mass is 16.5. The third kappa shape index (κ3) is 11.3. The van der Waals surface area contributed by atoms with E-state index >= 15 is 0 Å². The summed E-state index contributed by atoms with van der Waals surface area (Å²) in [7, 11) is 2.84. The lowest BCUT2D eigenvalue weighted by Crippen LogP contribution is -2.45. The molecule has 50 heavy (non-hydrogen) atoms. The molecule has 2 aromatic rings. The summed E-state index contributed by atoms with van der Waals surface area (Å²) in [6.45, 7) is 18.0. The summed E-state index contributed by atoms with van der Waals surface area (Å²) in [6, 6.07) is 3.85. The second-order valence-electron chi connectivity index (χ2n) is 10.3. The summed E-state index contributed by atoms with van der Waals surface area (Å²) < 4.78 is 9.98. The Bertz CT molecular complexity index is 1410. The largest absolute Gasteiger partial charge is 0.507 e. The Morgan fingerprint density at radius 3 is 1.96 bits per heavy atom. The summed E-state index contributed by atoms with van der Waals surface area (Å²) in [5.41, 5.74) is 2.94. The molecular formula is C38H59NO11. The zero-order chi connectivity index (χ0) is 39.4. The Labute approximate surface area is 296 Å². The predicted molar refractivity (Wildman–Crippen MR) is 195 cm³/mol.